The van der Waals surface area contributed by atoms with Crippen molar-refractivity contribution < 1.29 is 0 Å². The fourth-order valence-corrected chi connectivity index (χ4v) is 6.42. The molecule has 0 saturated carbocycles. The van der Waals surface area contributed by atoms with Crippen molar-refractivity contribution in [3.63, 3.8) is 0 Å². The SMILES string of the molecule is CCCc1ccc(C2(c3ccc4c(c3)CC4)c3cc(Br)ccc3-c3ccc(Br)cc32)cc1. The van der Waals surface area contributed by atoms with Crippen LogP contribution in [0.2, 0.25) is 0 Å². The topological polar surface area (TPSA) is 0 Å². The average molecular weight is 544 g/mol. The molecule has 2 aliphatic carbocycles. The van der Waals surface area contributed by atoms with E-state index in [1.165, 1.54) is 69.3 Å². The Morgan fingerprint density at radius 3 is 1.78 bits per heavy atom. The van der Waals surface area contributed by atoms with Crippen LogP contribution in [0.15, 0.2) is 87.8 Å². The first kappa shape index (κ1) is 20.4. The highest BCUT2D eigenvalue weighted by atomic mass is 79.9. The van der Waals surface area contributed by atoms with E-state index in [2.05, 4.69) is 118 Å². The van der Waals surface area contributed by atoms with E-state index in [1.807, 2.05) is 0 Å². The maximum Gasteiger partial charge on any atom is 0.0714 e. The monoisotopic (exact) mass is 542 g/mol. The lowest BCUT2D eigenvalue weighted by atomic mass is 9.66. The lowest BCUT2D eigenvalue weighted by molar-refractivity contribution is 0.749. The van der Waals surface area contributed by atoms with E-state index < -0.39 is 0 Å². The predicted octanol–water partition coefficient (Wildman–Crippen LogP) is 8.63. The first-order chi connectivity index (χ1) is 15.6. The molecule has 0 N–H and O–H groups in total. The number of aryl methyl sites for hydroxylation is 3. The number of halogens is 2. The van der Waals surface area contributed by atoms with Crippen LogP contribution in [0.5, 0.6) is 0 Å². The molecule has 0 nitrogen and oxygen atoms in total. The second-order valence-corrected chi connectivity index (χ2v) is 10.9. The van der Waals surface area contributed by atoms with Crippen LogP contribution < -0.4 is 0 Å². The van der Waals surface area contributed by atoms with Gasteiger partial charge in [-0.25, -0.2) is 0 Å². The maximum atomic E-state index is 3.78. The summed E-state index contributed by atoms with van der Waals surface area (Å²) in [5, 5.41) is 0. The zero-order chi connectivity index (χ0) is 21.9. The Kier molecular flexibility index (Phi) is 4.93. The predicted molar refractivity (Wildman–Crippen MR) is 141 cm³/mol. The van der Waals surface area contributed by atoms with Gasteiger partial charge in [0.2, 0.25) is 0 Å². The molecule has 0 saturated heterocycles. The molecule has 0 unspecified atom stereocenters. The van der Waals surface area contributed by atoms with Crippen molar-refractivity contribution in [2.45, 2.75) is 38.0 Å². The van der Waals surface area contributed by atoms with Crippen molar-refractivity contribution >= 4 is 31.9 Å². The highest BCUT2D eigenvalue weighted by Gasteiger charge is 2.46. The summed E-state index contributed by atoms with van der Waals surface area (Å²) in [5.41, 5.74) is 12.2. The summed E-state index contributed by atoms with van der Waals surface area (Å²) in [4.78, 5) is 0. The summed E-state index contributed by atoms with van der Waals surface area (Å²) in [6, 6.07) is 30.2. The molecule has 0 amide bonds. The minimum atomic E-state index is -0.326. The fraction of sp³-hybridized carbons (Fsp3) is 0.200. The molecule has 0 bridgehead atoms. The zero-order valence-corrected chi connectivity index (χ0v) is 21.3. The largest absolute Gasteiger partial charge is 0.0714 e. The Morgan fingerprint density at radius 2 is 1.25 bits per heavy atom. The smallest absolute Gasteiger partial charge is 0.0651 e. The molecule has 158 valence electrons. The van der Waals surface area contributed by atoms with Gasteiger partial charge in [-0.05, 0) is 93.6 Å². The molecule has 0 atom stereocenters. The summed E-state index contributed by atoms with van der Waals surface area (Å²) < 4.78 is 2.25. The van der Waals surface area contributed by atoms with Gasteiger partial charge in [0.25, 0.3) is 0 Å². The summed E-state index contributed by atoms with van der Waals surface area (Å²) in [6.07, 6.45) is 4.68. The standard InChI is InChI=1S/C30H24Br2/c1-2-3-19-4-9-22(10-5-19)30(23-11-8-20-6-7-21(20)16-23)28-17-24(31)12-14-26(28)27-15-13-25(32)18-29(27)30/h4-5,8-18H,2-3,6-7H2,1H3. The molecular formula is C30H24Br2. The van der Waals surface area contributed by atoms with Crippen LogP contribution >= 0.6 is 31.9 Å². The van der Waals surface area contributed by atoms with Crippen LogP contribution in [0.3, 0.4) is 0 Å². The Labute approximate surface area is 207 Å². The average Bonchev–Trinajstić information content (AvgIpc) is 3.05. The molecule has 6 rings (SSSR count). The van der Waals surface area contributed by atoms with Crippen molar-refractivity contribution in [1.82, 2.24) is 0 Å². The third-order valence-corrected chi connectivity index (χ3v) is 8.28. The zero-order valence-electron chi connectivity index (χ0n) is 18.1. The van der Waals surface area contributed by atoms with Gasteiger partial charge >= 0.3 is 0 Å². The van der Waals surface area contributed by atoms with Crippen LogP contribution in [0, 0.1) is 0 Å². The van der Waals surface area contributed by atoms with E-state index in [1.54, 1.807) is 0 Å². The van der Waals surface area contributed by atoms with Crippen LogP contribution in [0.25, 0.3) is 11.1 Å². The van der Waals surface area contributed by atoms with Gasteiger partial charge in [0.1, 0.15) is 0 Å². The molecule has 4 aromatic rings. The number of hydrogen-bond donors (Lipinski definition) is 0. The van der Waals surface area contributed by atoms with Gasteiger partial charge in [0.05, 0.1) is 5.41 Å². The second-order valence-electron chi connectivity index (χ2n) is 9.06. The highest BCUT2D eigenvalue weighted by molar-refractivity contribution is 9.10. The minimum Gasteiger partial charge on any atom is -0.0651 e. The molecule has 4 aromatic carbocycles. The van der Waals surface area contributed by atoms with Crippen molar-refractivity contribution in [2.24, 2.45) is 0 Å². The van der Waals surface area contributed by atoms with Gasteiger partial charge in [0, 0.05) is 8.95 Å². The number of hydrogen-bond acceptors (Lipinski definition) is 0. The molecule has 2 heteroatoms. The quantitative estimate of drug-likeness (QED) is 0.213. The fourth-order valence-electron chi connectivity index (χ4n) is 5.70. The van der Waals surface area contributed by atoms with Crippen LogP contribution in [-0.2, 0) is 24.7 Å². The Balaban J connectivity index is 1.72. The normalized spacial score (nSPS) is 15.0. The van der Waals surface area contributed by atoms with E-state index in [9.17, 15) is 0 Å². The third kappa shape index (κ3) is 2.92. The van der Waals surface area contributed by atoms with Crippen LogP contribution in [0.4, 0.5) is 0 Å². The Morgan fingerprint density at radius 1 is 0.656 bits per heavy atom. The van der Waals surface area contributed by atoms with Gasteiger partial charge in [-0.2, -0.15) is 0 Å². The first-order valence-electron chi connectivity index (χ1n) is 11.4. The Hall–Kier alpha value is -2.16. The second kappa shape index (κ2) is 7.71. The summed E-state index contributed by atoms with van der Waals surface area (Å²) in [5.74, 6) is 0. The summed E-state index contributed by atoms with van der Waals surface area (Å²) >= 11 is 7.56. The molecule has 0 spiro atoms. The van der Waals surface area contributed by atoms with E-state index >= 15 is 0 Å². The van der Waals surface area contributed by atoms with Crippen molar-refractivity contribution in [3.8, 4) is 11.1 Å². The van der Waals surface area contributed by atoms with Gasteiger partial charge in [0.15, 0.2) is 0 Å². The molecule has 0 radical (unpaired) electrons. The van der Waals surface area contributed by atoms with Crippen molar-refractivity contribution in [1.29, 1.82) is 0 Å². The third-order valence-electron chi connectivity index (χ3n) is 7.29. The molecule has 0 aliphatic heterocycles. The Bertz CT molecular complexity index is 1300. The molecular weight excluding hydrogens is 520 g/mol. The molecule has 0 aromatic heterocycles. The molecule has 0 heterocycles. The number of fused-ring (bicyclic) bond motifs is 4. The van der Waals surface area contributed by atoms with Crippen molar-refractivity contribution in [2.75, 3.05) is 0 Å². The lowest BCUT2D eigenvalue weighted by Gasteiger charge is -2.35. The van der Waals surface area contributed by atoms with E-state index in [0.29, 0.717) is 0 Å². The molecule has 2 aliphatic rings. The van der Waals surface area contributed by atoms with Crippen LogP contribution in [0.1, 0.15) is 52.3 Å². The maximum absolute atomic E-state index is 3.78. The van der Waals surface area contributed by atoms with Gasteiger partial charge < -0.3 is 0 Å². The van der Waals surface area contributed by atoms with Gasteiger partial charge in [-0.3, -0.25) is 0 Å². The molecule has 32 heavy (non-hydrogen) atoms. The highest BCUT2D eigenvalue weighted by Crippen LogP contribution is 2.57. The first-order valence-corrected chi connectivity index (χ1v) is 13.0. The summed E-state index contributed by atoms with van der Waals surface area (Å²) in [7, 11) is 0. The summed E-state index contributed by atoms with van der Waals surface area (Å²) in [6.45, 7) is 2.25. The number of rotatable bonds is 4. The van der Waals surface area contributed by atoms with Gasteiger partial charge in [-0.1, -0.05) is 99.8 Å². The van der Waals surface area contributed by atoms with E-state index in [4.69, 9.17) is 0 Å². The lowest BCUT2D eigenvalue weighted by Crippen LogP contribution is -2.29. The van der Waals surface area contributed by atoms with E-state index in [0.717, 1.165) is 15.4 Å². The van der Waals surface area contributed by atoms with Crippen molar-refractivity contribution in [3.05, 3.63) is 127 Å². The molecule has 0 fully saturated rings. The van der Waals surface area contributed by atoms with Gasteiger partial charge in [-0.15, -0.1) is 0 Å². The minimum absolute atomic E-state index is 0.326. The number of benzene rings is 4. The van der Waals surface area contributed by atoms with E-state index in [-0.39, 0.29) is 5.41 Å². The van der Waals surface area contributed by atoms with Crippen LogP contribution in [-0.4, -0.2) is 0 Å².